The Hall–Kier alpha value is -1.59. The number of benzene rings is 2. The summed E-state index contributed by atoms with van der Waals surface area (Å²) in [7, 11) is -2.07. The third-order valence-corrected chi connectivity index (χ3v) is 4.40. The fourth-order valence-corrected chi connectivity index (χ4v) is 2.66. The molecule has 4 nitrogen and oxygen atoms in total. The van der Waals surface area contributed by atoms with Crippen molar-refractivity contribution in [2.45, 2.75) is 61.0 Å². The van der Waals surface area contributed by atoms with Gasteiger partial charge in [-0.15, -0.1) is 0 Å². The summed E-state index contributed by atoms with van der Waals surface area (Å²) >= 11 is 0. The van der Waals surface area contributed by atoms with Crippen LogP contribution in [0.3, 0.4) is 0 Å². The van der Waals surface area contributed by atoms with Gasteiger partial charge in [0.25, 0.3) is 0 Å². The summed E-state index contributed by atoms with van der Waals surface area (Å²) in [5.74, 6) is 1.01. The van der Waals surface area contributed by atoms with Gasteiger partial charge in [0.15, 0.2) is 0 Å². The molecule has 27 heavy (non-hydrogen) atoms. The van der Waals surface area contributed by atoms with Crippen molar-refractivity contribution in [1.29, 1.82) is 0 Å². The third kappa shape index (κ3) is 6.82. The first kappa shape index (κ1) is 25.4. The minimum atomic E-state index is -1.36. The summed E-state index contributed by atoms with van der Waals surface area (Å²) in [6, 6.07) is 13.4. The molecule has 0 aromatic heterocycles. The van der Waals surface area contributed by atoms with Gasteiger partial charge in [-0.05, 0) is 39.5 Å². The lowest BCUT2D eigenvalue weighted by atomic mass is 9.78. The van der Waals surface area contributed by atoms with Crippen LogP contribution in [0.15, 0.2) is 42.5 Å². The Morgan fingerprint density at radius 1 is 0.889 bits per heavy atom. The topological polar surface area (TPSA) is 69.9 Å². The average molecular weight is 372 g/mol. The van der Waals surface area contributed by atoms with E-state index in [2.05, 4.69) is 39.8 Å². The molecule has 0 saturated carbocycles. The van der Waals surface area contributed by atoms with Crippen molar-refractivity contribution >= 4 is 25.2 Å². The van der Waals surface area contributed by atoms with Gasteiger partial charge >= 0.3 is 14.2 Å². The summed E-state index contributed by atoms with van der Waals surface area (Å²) in [5, 5.41) is 27.0. The van der Waals surface area contributed by atoms with E-state index < -0.39 is 14.2 Å². The van der Waals surface area contributed by atoms with Crippen LogP contribution in [0.5, 0.6) is 0 Å². The van der Waals surface area contributed by atoms with Gasteiger partial charge in [0.05, 0.1) is 6.61 Å². The molecule has 1 heterocycles. The number of hydrogen-bond acceptors (Lipinski definition) is 4. The second kappa shape index (κ2) is 11.3. The fourth-order valence-electron chi connectivity index (χ4n) is 2.66. The van der Waals surface area contributed by atoms with Crippen LogP contribution in [0.25, 0.3) is 0 Å². The van der Waals surface area contributed by atoms with Crippen LogP contribution in [0.4, 0.5) is 0 Å². The summed E-state index contributed by atoms with van der Waals surface area (Å²) in [5.41, 5.74) is 5.10. The maximum atomic E-state index is 9.39. The first-order valence-corrected chi connectivity index (χ1v) is 8.68. The molecule has 6 heteroatoms. The Morgan fingerprint density at radius 2 is 1.41 bits per heavy atom. The van der Waals surface area contributed by atoms with E-state index >= 15 is 0 Å². The lowest BCUT2D eigenvalue weighted by Crippen LogP contribution is -2.29. The van der Waals surface area contributed by atoms with Gasteiger partial charge in [-0.25, -0.2) is 0 Å². The highest BCUT2D eigenvalue weighted by Gasteiger charge is 2.27. The van der Waals surface area contributed by atoms with Crippen LogP contribution in [0.2, 0.25) is 0 Å². The van der Waals surface area contributed by atoms with E-state index in [1.807, 2.05) is 18.2 Å². The van der Waals surface area contributed by atoms with Crippen molar-refractivity contribution in [2.75, 3.05) is 0 Å². The zero-order valence-corrected chi connectivity index (χ0v) is 15.3. The molecule has 148 valence electrons. The van der Waals surface area contributed by atoms with Crippen LogP contribution in [-0.4, -0.2) is 29.3 Å². The molecule has 3 rings (SSSR count). The Kier molecular flexibility index (Phi) is 10.6. The lowest BCUT2D eigenvalue weighted by Gasteiger charge is -2.06. The van der Waals surface area contributed by atoms with Crippen molar-refractivity contribution in [3.05, 3.63) is 59.2 Å². The van der Waals surface area contributed by atoms with E-state index in [0.29, 0.717) is 23.9 Å². The molecule has 3 N–H and O–H groups in total. The Labute approximate surface area is 165 Å². The molecule has 0 atom stereocenters. The van der Waals surface area contributed by atoms with Crippen molar-refractivity contribution < 1.29 is 19.7 Å². The third-order valence-electron chi connectivity index (χ3n) is 4.40. The van der Waals surface area contributed by atoms with Crippen LogP contribution in [0, 0.1) is 0 Å². The number of hydrogen-bond donors (Lipinski definition) is 3. The van der Waals surface area contributed by atoms with Crippen molar-refractivity contribution in [1.82, 2.24) is 0 Å². The van der Waals surface area contributed by atoms with E-state index in [1.165, 1.54) is 11.1 Å². The van der Waals surface area contributed by atoms with Crippen molar-refractivity contribution in [3.63, 3.8) is 0 Å². The van der Waals surface area contributed by atoms with E-state index in [-0.39, 0.29) is 14.9 Å². The maximum Gasteiger partial charge on any atom is 0.491 e. The zero-order chi connectivity index (χ0) is 18.6. The Balaban J connectivity index is 0.000000468. The standard InChI is InChI=1S/C10H13BO2.C9H13BO2.2CH4/c1-7(2)8-3-4-10-9(5-8)6-13-11(10)12;1-7(2)8-3-5-9(6-4-8)10(11)12;;/h3-5,7,12H,6H2,1-2H3;3-7,11-12H,1-2H3;2*1H4. The lowest BCUT2D eigenvalue weighted by molar-refractivity contribution is 0.275. The van der Waals surface area contributed by atoms with E-state index in [1.54, 1.807) is 12.1 Å². The van der Waals surface area contributed by atoms with E-state index in [0.717, 1.165) is 11.0 Å². The van der Waals surface area contributed by atoms with Gasteiger partial charge < -0.3 is 19.7 Å². The molecule has 0 spiro atoms. The number of fused-ring (bicyclic) bond motifs is 1. The van der Waals surface area contributed by atoms with Crippen LogP contribution in [-0.2, 0) is 11.3 Å². The van der Waals surface area contributed by atoms with Gasteiger partial charge in [-0.1, -0.05) is 85.0 Å². The quantitative estimate of drug-likeness (QED) is 0.725. The van der Waals surface area contributed by atoms with Crippen molar-refractivity contribution in [2.24, 2.45) is 0 Å². The largest absolute Gasteiger partial charge is 0.491 e. The van der Waals surface area contributed by atoms with Gasteiger partial charge in [-0.2, -0.15) is 0 Å². The summed E-state index contributed by atoms with van der Waals surface area (Å²) in [6.07, 6.45) is 0. The molecule has 0 amide bonds. The van der Waals surface area contributed by atoms with Crippen molar-refractivity contribution in [3.8, 4) is 0 Å². The molecule has 0 fully saturated rings. The van der Waals surface area contributed by atoms with E-state index in [9.17, 15) is 5.02 Å². The Morgan fingerprint density at radius 3 is 1.89 bits per heavy atom. The summed E-state index contributed by atoms with van der Waals surface area (Å²) in [4.78, 5) is 0. The number of rotatable bonds is 3. The molecule has 0 saturated heterocycles. The Bertz CT molecular complexity index is 658. The molecule has 0 bridgehead atoms. The summed E-state index contributed by atoms with van der Waals surface area (Å²) < 4.78 is 5.11. The first-order chi connectivity index (χ1) is 11.8. The van der Waals surface area contributed by atoms with Gasteiger partial charge in [0, 0.05) is 0 Å². The molecule has 0 radical (unpaired) electrons. The first-order valence-electron chi connectivity index (χ1n) is 8.68. The molecule has 2 aromatic rings. The molecule has 0 unspecified atom stereocenters. The van der Waals surface area contributed by atoms with Crippen LogP contribution >= 0.6 is 0 Å². The summed E-state index contributed by atoms with van der Waals surface area (Å²) in [6.45, 7) is 9.06. The van der Waals surface area contributed by atoms with Crippen LogP contribution in [0.1, 0.15) is 71.1 Å². The highest BCUT2D eigenvalue weighted by molar-refractivity contribution is 6.61. The molecule has 1 aliphatic heterocycles. The minimum absolute atomic E-state index is 0. The predicted octanol–water partition coefficient (Wildman–Crippen LogP) is 2.79. The second-order valence-electron chi connectivity index (χ2n) is 6.97. The highest BCUT2D eigenvalue weighted by Crippen LogP contribution is 2.18. The zero-order valence-electron chi connectivity index (χ0n) is 15.3. The van der Waals surface area contributed by atoms with Gasteiger partial charge in [0.1, 0.15) is 0 Å². The molecular weight excluding hydrogens is 338 g/mol. The second-order valence-corrected chi connectivity index (χ2v) is 6.97. The minimum Gasteiger partial charge on any atom is -0.423 e. The maximum absolute atomic E-state index is 9.39. The van der Waals surface area contributed by atoms with Gasteiger partial charge in [-0.3, -0.25) is 0 Å². The van der Waals surface area contributed by atoms with Gasteiger partial charge in [0.2, 0.25) is 0 Å². The predicted molar refractivity (Wildman–Crippen MR) is 117 cm³/mol. The monoisotopic (exact) mass is 372 g/mol. The normalized spacial score (nSPS) is 12.0. The molecule has 0 aliphatic carbocycles. The molecular formula is C21H34B2O4. The smallest absolute Gasteiger partial charge is 0.423 e. The SMILES string of the molecule is C.C.CC(C)c1ccc(B(O)O)cc1.CC(C)c1ccc2c(c1)COB2O. The average Bonchev–Trinajstić information content (AvgIpc) is 2.96. The molecule has 1 aliphatic rings. The van der Waals surface area contributed by atoms with E-state index in [4.69, 9.17) is 14.7 Å². The molecule has 2 aromatic carbocycles. The highest BCUT2D eigenvalue weighted by atomic mass is 16.5. The van der Waals surface area contributed by atoms with Crippen LogP contribution < -0.4 is 10.9 Å². The fraction of sp³-hybridized carbons (Fsp3) is 0.429.